The van der Waals surface area contributed by atoms with Crippen molar-refractivity contribution in [2.45, 2.75) is 57.8 Å². The molecule has 2 amide bonds. The number of aromatic hydroxyl groups is 1. The topological polar surface area (TPSA) is 241 Å². The van der Waals surface area contributed by atoms with E-state index in [1.807, 2.05) is 0 Å². The Kier molecular flexibility index (Phi) is 11.6. The van der Waals surface area contributed by atoms with E-state index in [0.29, 0.717) is 5.56 Å². The first-order valence-electron chi connectivity index (χ1n) is 11.8. The summed E-state index contributed by atoms with van der Waals surface area (Å²) in [7, 11) is 0. The largest absolute Gasteiger partial charge is 0.508 e. The zero-order chi connectivity index (χ0) is 30.4. The number of phenols is 1. The highest BCUT2D eigenvalue weighted by Crippen LogP contribution is 2.34. The number of alkyl halides is 1. The molecule has 0 heterocycles. The van der Waals surface area contributed by atoms with E-state index in [1.165, 1.54) is 38.1 Å². The van der Waals surface area contributed by atoms with Crippen LogP contribution in [0.15, 0.2) is 24.3 Å². The first-order chi connectivity index (χ1) is 18.0. The Morgan fingerprint density at radius 2 is 1.49 bits per heavy atom. The lowest BCUT2D eigenvalue weighted by molar-refractivity contribution is -0.174. The number of carbonyl (C=O) groups excluding carboxylic acids is 6. The number of carboxylic acids is 1. The molecule has 1 rings (SSSR count). The van der Waals surface area contributed by atoms with Crippen molar-refractivity contribution in [2.24, 2.45) is 29.0 Å². The van der Waals surface area contributed by atoms with E-state index in [9.17, 15) is 43.8 Å². The molecule has 5 unspecified atom stereocenters. The summed E-state index contributed by atoms with van der Waals surface area (Å²) in [6.07, 6.45) is -0.345. The van der Waals surface area contributed by atoms with Crippen LogP contribution in [0.25, 0.3) is 0 Å². The second-order valence-corrected chi connectivity index (χ2v) is 9.69. The van der Waals surface area contributed by atoms with Crippen LogP contribution in [0, 0.1) is 11.8 Å². The Morgan fingerprint density at radius 1 is 0.974 bits per heavy atom. The number of carbonyl (C=O) groups is 7. The quantitative estimate of drug-likeness (QED) is 0.102. The van der Waals surface area contributed by atoms with Crippen molar-refractivity contribution in [3.05, 3.63) is 29.8 Å². The summed E-state index contributed by atoms with van der Waals surface area (Å²) in [4.78, 5) is 92.9. The second kappa shape index (κ2) is 13.5. The van der Waals surface area contributed by atoms with Crippen molar-refractivity contribution in [3.63, 3.8) is 0 Å². The smallest absolute Gasteiger partial charge is 0.317 e. The summed E-state index contributed by atoms with van der Waals surface area (Å²) in [6.45, 7) is 4.64. The summed E-state index contributed by atoms with van der Waals surface area (Å²) in [5.41, 5.74) is 14.5. The number of benzene rings is 1. The van der Waals surface area contributed by atoms with Crippen LogP contribution in [0.4, 0.5) is 0 Å². The van der Waals surface area contributed by atoms with Gasteiger partial charge in [0.15, 0.2) is 23.0 Å². The number of phenolic OH excluding ortho intramolecular Hbond substituents is 1. The van der Waals surface area contributed by atoms with E-state index in [2.05, 4.69) is 0 Å². The number of Topliss-reactive ketones (excluding diaryl/α,β-unsaturated/α-hetero) is 4. The van der Waals surface area contributed by atoms with Crippen LogP contribution in [0.3, 0.4) is 0 Å². The fourth-order valence-electron chi connectivity index (χ4n) is 4.04. The molecule has 0 aliphatic carbocycles. The molecule has 0 spiro atoms. The Balaban J connectivity index is 4.15. The van der Waals surface area contributed by atoms with Gasteiger partial charge in [-0.2, -0.15) is 0 Å². The number of hydrogen-bond acceptors (Lipinski definition) is 11. The molecular formula is C25H33ClN4O9. The predicted molar refractivity (Wildman–Crippen MR) is 138 cm³/mol. The number of aliphatic carboxylic acids is 1. The Hall–Kier alpha value is -3.52. The molecule has 0 aliphatic rings. The lowest BCUT2D eigenvalue weighted by atomic mass is 9.67. The van der Waals surface area contributed by atoms with Crippen molar-refractivity contribution in [3.8, 4) is 5.75 Å². The highest BCUT2D eigenvalue weighted by Gasteiger charge is 2.67. The number of nitrogens with zero attached hydrogens (tertiary/aromatic N) is 1. The molecule has 0 saturated heterocycles. The van der Waals surface area contributed by atoms with E-state index in [-0.39, 0.29) is 17.1 Å². The molecule has 14 heteroatoms. The van der Waals surface area contributed by atoms with Crippen molar-refractivity contribution in [1.29, 1.82) is 0 Å². The lowest BCUT2D eigenvalue weighted by Crippen LogP contribution is -2.76. The average molecular weight is 569 g/mol. The predicted octanol–water partition coefficient (Wildman–Crippen LogP) is -1.08. The maximum Gasteiger partial charge on any atom is 0.317 e. The van der Waals surface area contributed by atoms with Gasteiger partial charge in [-0.25, -0.2) is 0 Å². The number of amides is 2. The fraction of sp³-hybridized carbons (Fsp3) is 0.480. The number of nitrogens with two attached hydrogens (primary N) is 3. The number of rotatable bonds is 14. The molecule has 1 aromatic carbocycles. The van der Waals surface area contributed by atoms with Crippen LogP contribution in [0.2, 0.25) is 0 Å². The number of carboxylic acid groups (broad SMARTS) is 1. The molecule has 39 heavy (non-hydrogen) atoms. The lowest BCUT2D eigenvalue weighted by Gasteiger charge is -2.44. The van der Waals surface area contributed by atoms with Crippen molar-refractivity contribution in [2.75, 3.05) is 5.88 Å². The molecule has 0 aromatic heterocycles. The van der Waals surface area contributed by atoms with Gasteiger partial charge in [-0.15, -0.1) is 11.6 Å². The average Bonchev–Trinajstić information content (AvgIpc) is 2.86. The van der Waals surface area contributed by atoms with Crippen LogP contribution < -0.4 is 17.2 Å². The van der Waals surface area contributed by atoms with Gasteiger partial charge in [0, 0.05) is 6.92 Å². The van der Waals surface area contributed by atoms with Crippen LogP contribution in [0.5, 0.6) is 5.75 Å². The third-order valence-electron chi connectivity index (χ3n) is 6.10. The highest BCUT2D eigenvalue weighted by atomic mass is 35.5. The molecule has 0 fully saturated rings. The third-order valence-corrected chi connectivity index (χ3v) is 6.34. The summed E-state index contributed by atoms with van der Waals surface area (Å²) < 4.78 is 0. The van der Waals surface area contributed by atoms with Gasteiger partial charge >= 0.3 is 5.97 Å². The van der Waals surface area contributed by atoms with Gasteiger partial charge in [0.2, 0.25) is 23.4 Å². The van der Waals surface area contributed by atoms with E-state index >= 15 is 0 Å². The number of ketones is 4. The normalized spacial score (nSPS) is 15.8. The monoisotopic (exact) mass is 568 g/mol. The van der Waals surface area contributed by atoms with Gasteiger partial charge in [0.25, 0.3) is 0 Å². The minimum atomic E-state index is -3.58. The zero-order valence-corrected chi connectivity index (χ0v) is 22.7. The zero-order valence-electron chi connectivity index (χ0n) is 21.9. The molecule has 0 radical (unpaired) electrons. The third kappa shape index (κ3) is 6.92. The Morgan fingerprint density at radius 3 is 1.87 bits per heavy atom. The summed E-state index contributed by atoms with van der Waals surface area (Å²) >= 11 is 5.57. The summed E-state index contributed by atoms with van der Waals surface area (Å²) in [6, 6.07) is 0.268. The van der Waals surface area contributed by atoms with Gasteiger partial charge in [-0.3, -0.25) is 38.5 Å². The SMILES string of the molecule is CC(=O)N(C(=O)C(C)N)C(C(=O)C(=O)CCl)(C(=O)C(N)C(C)C)C(C(=O)O)C(=O)C(N)Cc1ccc(O)cc1. The molecule has 1 aromatic rings. The molecule has 0 saturated carbocycles. The fourth-order valence-corrected chi connectivity index (χ4v) is 4.17. The van der Waals surface area contributed by atoms with Gasteiger partial charge in [-0.05, 0) is 37.0 Å². The van der Waals surface area contributed by atoms with Crippen LogP contribution >= 0.6 is 11.6 Å². The standard InChI is InChI=1S/C25H33ClN4O9/c1-11(2)19(29)22(36)25(21(35)17(33)10-26,30(13(4)31)23(37)12(3)27)18(24(38)39)20(34)16(28)9-14-5-7-15(32)8-6-14/h5-8,11-12,16,18-19,32H,9-10,27-29H2,1-4H3,(H,38,39). The van der Waals surface area contributed by atoms with Gasteiger partial charge in [0.1, 0.15) is 5.75 Å². The maximum absolute atomic E-state index is 14.0. The molecule has 8 N–H and O–H groups in total. The van der Waals surface area contributed by atoms with Crippen molar-refractivity contribution >= 4 is 52.5 Å². The van der Waals surface area contributed by atoms with Crippen LogP contribution in [0.1, 0.15) is 33.3 Å². The molecule has 0 bridgehead atoms. The number of imide groups is 1. The Bertz CT molecular complexity index is 1150. The van der Waals surface area contributed by atoms with E-state index < -0.39 is 82.3 Å². The molecular weight excluding hydrogens is 536 g/mol. The van der Waals surface area contributed by atoms with E-state index in [0.717, 1.165) is 13.8 Å². The molecule has 214 valence electrons. The van der Waals surface area contributed by atoms with E-state index in [4.69, 9.17) is 28.8 Å². The minimum absolute atomic E-state index is 0.0705. The van der Waals surface area contributed by atoms with Crippen molar-refractivity contribution < 1.29 is 43.8 Å². The Labute approximate surface area is 229 Å². The first kappa shape index (κ1) is 33.5. The maximum atomic E-state index is 14.0. The molecule has 13 nitrogen and oxygen atoms in total. The minimum Gasteiger partial charge on any atom is -0.508 e. The second-order valence-electron chi connectivity index (χ2n) is 9.42. The van der Waals surface area contributed by atoms with Crippen molar-refractivity contribution in [1.82, 2.24) is 4.90 Å². The van der Waals surface area contributed by atoms with Gasteiger partial charge in [0.05, 0.1) is 24.0 Å². The van der Waals surface area contributed by atoms with Gasteiger partial charge in [-0.1, -0.05) is 26.0 Å². The number of halogens is 1. The summed E-state index contributed by atoms with van der Waals surface area (Å²) in [5.74, 6) is -16.2. The van der Waals surface area contributed by atoms with E-state index in [1.54, 1.807) is 0 Å². The highest BCUT2D eigenvalue weighted by molar-refractivity contribution is 6.54. The number of hydrogen-bond donors (Lipinski definition) is 5. The molecule has 0 aliphatic heterocycles. The van der Waals surface area contributed by atoms with Gasteiger partial charge < -0.3 is 27.4 Å². The van der Waals surface area contributed by atoms with Crippen LogP contribution in [-0.2, 0) is 40.0 Å². The summed E-state index contributed by atoms with van der Waals surface area (Å²) in [5, 5.41) is 19.8. The first-order valence-corrected chi connectivity index (χ1v) is 12.3. The molecule has 5 atom stereocenters. The van der Waals surface area contributed by atoms with Crippen LogP contribution in [-0.4, -0.2) is 85.6 Å².